The Hall–Kier alpha value is -0.610. The van der Waals surface area contributed by atoms with E-state index in [4.69, 9.17) is 22.1 Å². The molecule has 1 saturated heterocycles. The zero-order valence-corrected chi connectivity index (χ0v) is 13.9. The summed E-state index contributed by atoms with van der Waals surface area (Å²) in [5.74, 6) is 0.692. The van der Waals surface area contributed by atoms with Crippen LogP contribution >= 0.6 is 11.6 Å². The molecule has 4 heteroatoms. The van der Waals surface area contributed by atoms with Crippen LogP contribution in [0, 0.1) is 5.92 Å². The SMILES string of the molecule is CCC(N)C(c1ccccc1Cl)N(C)CC1CCOCC1. The van der Waals surface area contributed by atoms with Gasteiger partial charge < -0.3 is 10.5 Å². The van der Waals surface area contributed by atoms with E-state index in [-0.39, 0.29) is 12.1 Å². The summed E-state index contributed by atoms with van der Waals surface area (Å²) >= 11 is 6.40. The maximum absolute atomic E-state index is 6.40. The number of nitrogens with zero attached hydrogens (tertiary/aromatic N) is 1. The van der Waals surface area contributed by atoms with Crippen LogP contribution in [-0.4, -0.2) is 37.7 Å². The summed E-state index contributed by atoms with van der Waals surface area (Å²) in [5, 5.41) is 0.810. The molecule has 0 aliphatic carbocycles. The summed E-state index contributed by atoms with van der Waals surface area (Å²) in [6.07, 6.45) is 3.22. The summed E-state index contributed by atoms with van der Waals surface area (Å²) < 4.78 is 5.45. The Kier molecular flexibility index (Phi) is 6.49. The molecule has 0 saturated carbocycles. The van der Waals surface area contributed by atoms with Crippen LogP contribution in [0.15, 0.2) is 24.3 Å². The minimum absolute atomic E-state index is 0.0924. The van der Waals surface area contributed by atoms with Crippen molar-refractivity contribution in [2.75, 3.05) is 26.8 Å². The maximum atomic E-state index is 6.40. The molecule has 2 N–H and O–H groups in total. The van der Waals surface area contributed by atoms with E-state index in [1.165, 1.54) is 0 Å². The van der Waals surface area contributed by atoms with Gasteiger partial charge in [0.05, 0.1) is 6.04 Å². The lowest BCUT2D eigenvalue weighted by atomic mass is 9.93. The molecule has 2 unspecified atom stereocenters. The van der Waals surface area contributed by atoms with Crippen LogP contribution < -0.4 is 5.73 Å². The Bertz CT molecular complexity index is 435. The van der Waals surface area contributed by atoms with Crippen molar-refractivity contribution in [3.05, 3.63) is 34.9 Å². The Morgan fingerprint density at radius 3 is 2.62 bits per heavy atom. The second-order valence-corrected chi connectivity index (χ2v) is 6.44. The van der Waals surface area contributed by atoms with Crippen molar-refractivity contribution in [2.24, 2.45) is 11.7 Å². The van der Waals surface area contributed by atoms with Crippen LogP contribution in [0.3, 0.4) is 0 Å². The molecule has 0 spiro atoms. The standard InChI is InChI=1S/C17H27ClN2O/c1-3-16(19)17(14-6-4-5-7-15(14)18)20(2)12-13-8-10-21-11-9-13/h4-7,13,16-17H,3,8-12,19H2,1-2H3. The van der Waals surface area contributed by atoms with Gasteiger partial charge >= 0.3 is 0 Å². The topological polar surface area (TPSA) is 38.5 Å². The third-order valence-electron chi connectivity index (χ3n) is 4.46. The Balaban J connectivity index is 2.13. The van der Waals surface area contributed by atoms with E-state index >= 15 is 0 Å². The van der Waals surface area contributed by atoms with Gasteiger partial charge in [-0.1, -0.05) is 36.7 Å². The predicted molar refractivity (Wildman–Crippen MR) is 88.6 cm³/mol. The maximum Gasteiger partial charge on any atom is 0.0511 e. The lowest BCUT2D eigenvalue weighted by Crippen LogP contribution is -2.41. The van der Waals surface area contributed by atoms with Gasteiger partial charge in [-0.15, -0.1) is 0 Å². The van der Waals surface area contributed by atoms with Gasteiger partial charge in [0.2, 0.25) is 0 Å². The van der Waals surface area contributed by atoms with Gasteiger partial charge in [0.15, 0.2) is 0 Å². The first kappa shape index (κ1) is 16.8. The first-order valence-corrected chi connectivity index (χ1v) is 8.29. The Morgan fingerprint density at radius 2 is 2.00 bits per heavy atom. The molecule has 21 heavy (non-hydrogen) atoms. The van der Waals surface area contributed by atoms with Crippen molar-refractivity contribution < 1.29 is 4.74 Å². The molecular formula is C17H27ClN2O. The van der Waals surface area contributed by atoms with Crippen molar-refractivity contribution in [1.29, 1.82) is 0 Å². The van der Waals surface area contributed by atoms with Crippen molar-refractivity contribution in [3.8, 4) is 0 Å². The van der Waals surface area contributed by atoms with Gasteiger partial charge in [-0.2, -0.15) is 0 Å². The van der Waals surface area contributed by atoms with Crippen LogP contribution in [0.25, 0.3) is 0 Å². The predicted octanol–water partition coefficient (Wildman–Crippen LogP) is 3.48. The minimum atomic E-state index is 0.0924. The van der Waals surface area contributed by atoms with Crippen molar-refractivity contribution in [3.63, 3.8) is 0 Å². The Labute approximate surface area is 133 Å². The summed E-state index contributed by atoms with van der Waals surface area (Å²) in [5.41, 5.74) is 7.54. The summed E-state index contributed by atoms with van der Waals surface area (Å²) in [6, 6.07) is 8.33. The lowest BCUT2D eigenvalue weighted by molar-refractivity contribution is 0.0481. The normalized spacial score (nSPS) is 19.7. The molecule has 0 aromatic heterocycles. The quantitative estimate of drug-likeness (QED) is 0.874. The van der Waals surface area contributed by atoms with Crippen LogP contribution in [0.2, 0.25) is 5.02 Å². The fraction of sp³-hybridized carbons (Fsp3) is 0.647. The van der Waals surface area contributed by atoms with Gasteiger partial charge in [-0.3, -0.25) is 4.90 Å². The van der Waals surface area contributed by atoms with Gasteiger partial charge in [0.1, 0.15) is 0 Å². The van der Waals surface area contributed by atoms with E-state index in [0.717, 1.165) is 49.6 Å². The first-order valence-electron chi connectivity index (χ1n) is 7.91. The second kappa shape index (κ2) is 8.14. The molecule has 1 aliphatic rings. The Morgan fingerprint density at radius 1 is 1.33 bits per heavy atom. The fourth-order valence-corrected chi connectivity index (χ4v) is 3.43. The lowest BCUT2D eigenvalue weighted by Gasteiger charge is -2.36. The van der Waals surface area contributed by atoms with Gasteiger partial charge in [0.25, 0.3) is 0 Å². The summed E-state index contributed by atoms with van der Waals surface area (Å²) in [6.45, 7) is 4.95. The molecule has 0 amide bonds. The molecule has 1 aliphatic heterocycles. The molecule has 1 aromatic rings. The smallest absolute Gasteiger partial charge is 0.0511 e. The third-order valence-corrected chi connectivity index (χ3v) is 4.81. The number of nitrogens with two attached hydrogens (primary N) is 1. The molecule has 0 radical (unpaired) electrons. The van der Waals surface area contributed by atoms with E-state index in [1.807, 2.05) is 18.2 Å². The van der Waals surface area contributed by atoms with Crippen molar-refractivity contribution in [2.45, 2.75) is 38.3 Å². The molecule has 1 fully saturated rings. The van der Waals surface area contributed by atoms with Gasteiger partial charge in [0, 0.05) is 30.8 Å². The largest absolute Gasteiger partial charge is 0.381 e. The fourth-order valence-electron chi connectivity index (χ4n) is 3.18. The van der Waals surface area contributed by atoms with E-state index in [9.17, 15) is 0 Å². The third kappa shape index (κ3) is 4.43. The van der Waals surface area contributed by atoms with Crippen molar-refractivity contribution >= 4 is 11.6 Å². The van der Waals surface area contributed by atoms with Crippen molar-refractivity contribution in [1.82, 2.24) is 4.90 Å². The highest BCUT2D eigenvalue weighted by Crippen LogP contribution is 2.31. The minimum Gasteiger partial charge on any atom is -0.381 e. The molecule has 1 heterocycles. The number of likely N-dealkylation sites (N-methyl/N-ethyl adjacent to an activating group) is 1. The zero-order valence-electron chi connectivity index (χ0n) is 13.1. The number of rotatable bonds is 6. The molecular weight excluding hydrogens is 284 g/mol. The van der Waals surface area contributed by atoms with E-state index in [1.54, 1.807) is 0 Å². The van der Waals surface area contributed by atoms with E-state index in [2.05, 4.69) is 24.9 Å². The zero-order chi connectivity index (χ0) is 15.2. The number of ether oxygens (including phenoxy) is 1. The molecule has 3 nitrogen and oxygen atoms in total. The van der Waals surface area contributed by atoms with E-state index < -0.39 is 0 Å². The summed E-state index contributed by atoms with van der Waals surface area (Å²) in [7, 11) is 2.17. The molecule has 118 valence electrons. The molecule has 2 atom stereocenters. The van der Waals surface area contributed by atoms with Gasteiger partial charge in [-0.25, -0.2) is 0 Å². The van der Waals surface area contributed by atoms with Crippen LogP contribution in [-0.2, 0) is 4.74 Å². The molecule has 1 aromatic carbocycles. The first-order chi connectivity index (χ1) is 10.1. The highest BCUT2D eigenvalue weighted by Gasteiger charge is 2.27. The second-order valence-electron chi connectivity index (χ2n) is 6.03. The summed E-state index contributed by atoms with van der Waals surface area (Å²) in [4.78, 5) is 2.38. The highest BCUT2D eigenvalue weighted by molar-refractivity contribution is 6.31. The monoisotopic (exact) mass is 310 g/mol. The average molecular weight is 311 g/mol. The molecule has 2 rings (SSSR count). The highest BCUT2D eigenvalue weighted by atomic mass is 35.5. The van der Waals surface area contributed by atoms with E-state index in [0.29, 0.717) is 5.92 Å². The molecule has 0 bridgehead atoms. The number of benzene rings is 1. The number of halogens is 1. The number of hydrogen-bond donors (Lipinski definition) is 1. The number of hydrogen-bond acceptors (Lipinski definition) is 3. The van der Waals surface area contributed by atoms with Crippen LogP contribution in [0.1, 0.15) is 37.8 Å². The average Bonchev–Trinajstić information content (AvgIpc) is 2.50. The van der Waals surface area contributed by atoms with Crippen LogP contribution in [0.5, 0.6) is 0 Å². The van der Waals surface area contributed by atoms with Gasteiger partial charge in [-0.05, 0) is 43.9 Å². The van der Waals surface area contributed by atoms with Crippen LogP contribution in [0.4, 0.5) is 0 Å².